The molecule has 1 amide bonds. The van der Waals surface area contributed by atoms with E-state index >= 15 is 0 Å². The van der Waals surface area contributed by atoms with Gasteiger partial charge in [0.05, 0.1) is 13.2 Å². The highest BCUT2D eigenvalue weighted by atomic mass is 32.1. The number of carbonyl (C=O) groups excluding carboxylic acids is 1. The molecule has 19 heavy (non-hydrogen) atoms. The van der Waals surface area contributed by atoms with Crippen molar-refractivity contribution in [2.75, 3.05) is 32.8 Å². The molecule has 0 aromatic heterocycles. The standard InChI is InChI=1S/C13H23N3O2S/c17-12(16-7-9-18-10-8-16)5-6-14-13(19)15-11-3-1-2-4-11/h11H,1-10H2,(H2,14,15,19). The maximum atomic E-state index is 11.9. The fourth-order valence-electron chi connectivity index (χ4n) is 2.56. The maximum absolute atomic E-state index is 11.9. The number of hydrogen-bond acceptors (Lipinski definition) is 3. The lowest BCUT2D eigenvalue weighted by Crippen LogP contribution is -2.44. The van der Waals surface area contributed by atoms with Crippen molar-refractivity contribution in [1.29, 1.82) is 0 Å². The molecule has 1 aliphatic heterocycles. The van der Waals surface area contributed by atoms with E-state index in [2.05, 4.69) is 10.6 Å². The van der Waals surface area contributed by atoms with Crippen LogP contribution in [0.5, 0.6) is 0 Å². The molecule has 0 aromatic carbocycles. The van der Waals surface area contributed by atoms with E-state index in [-0.39, 0.29) is 5.91 Å². The molecular weight excluding hydrogens is 262 g/mol. The minimum Gasteiger partial charge on any atom is -0.378 e. The molecule has 0 unspecified atom stereocenters. The van der Waals surface area contributed by atoms with Crippen LogP contribution in [0, 0.1) is 0 Å². The third-order valence-electron chi connectivity index (χ3n) is 3.68. The van der Waals surface area contributed by atoms with Gasteiger partial charge in [0.15, 0.2) is 5.11 Å². The van der Waals surface area contributed by atoms with Crippen molar-refractivity contribution in [3.05, 3.63) is 0 Å². The molecule has 6 heteroatoms. The Hall–Kier alpha value is -0.880. The third kappa shape index (κ3) is 4.95. The van der Waals surface area contributed by atoms with E-state index in [1.807, 2.05) is 4.90 Å². The highest BCUT2D eigenvalue weighted by Crippen LogP contribution is 2.17. The summed E-state index contributed by atoms with van der Waals surface area (Å²) in [5, 5.41) is 7.11. The number of carbonyl (C=O) groups is 1. The Bertz CT molecular complexity index is 313. The Labute approximate surface area is 120 Å². The number of nitrogens with zero attached hydrogens (tertiary/aromatic N) is 1. The van der Waals surface area contributed by atoms with E-state index in [4.69, 9.17) is 17.0 Å². The molecule has 1 heterocycles. The largest absolute Gasteiger partial charge is 0.378 e. The van der Waals surface area contributed by atoms with Crippen molar-refractivity contribution in [1.82, 2.24) is 15.5 Å². The van der Waals surface area contributed by atoms with Crippen LogP contribution >= 0.6 is 12.2 Å². The van der Waals surface area contributed by atoms with E-state index < -0.39 is 0 Å². The van der Waals surface area contributed by atoms with E-state index in [0.29, 0.717) is 50.4 Å². The van der Waals surface area contributed by atoms with Gasteiger partial charge in [0, 0.05) is 32.1 Å². The molecule has 1 saturated carbocycles. The van der Waals surface area contributed by atoms with Gasteiger partial charge in [0.1, 0.15) is 0 Å². The number of ether oxygens (including phenoxy) is 1. The van der Waals surface area contributed by atoms with E-state index in [1.54, 1.807) is 0 Å². The highest BCUT2D eigenvalue weighted by Gasteiger charge is 2.17. The van der Waals surface area contributed by atoms with Crippen molar-refractivity contribution < 1.29 is 9.53 Å². The molecule has 0 aromatic rings. The summed E-state index contributed by atoms with van der Waals surface area (Å²) in [6.45, 7) is 3.34. The number of hydrogen-bond donors (Lipinski definition) is 2. The van der Waals surface area contributed by atoms with Gasteiger partial charge >= 0.3 is 0 Å². The Balaban J connectivity index is 1.57. The summed E-state index contributed by atoms with van der Waals surface area (Å²) in [4.78, 5) is 13.8. The molecule has 0 atom stereocenters. The first-order chi connectivity index (χ1) is 9.25. The van der Waals surface area contributed by atoms with Crippen LogP contribution < -0.4 is 10.6 Å². The van der Waals surface area contributed by atoms with Crippen LogP contribution in [0.3, 0.4) is 0 Å². The lowest BCUT2D eigenvalue weighted by Gasteiger charge is -2.27. The number of morpholine rings is 1. The number of thiocarbonyl (C=S) groups is 1. The van der Waals surface area contributed by atoms with Crippen molar-refractivity contribution in [3.8, 4) is 0 Å². The summed E-state index contributed by atoms with van der Waals surface area (Å²) in [6.07, 6.45) is 5.47. The lowest BCUT2D eigenvalue weighted by molar-refractivity contribution is -0.135. The van der Waals surface area contributed by atoms with E-state index in [0.717, 1.165) is 0 Å². The fraction of sp³-hybridized carbons (Fsp3) is 0.846. The molecule has 0 radical (unpaired) electrons. The monoisotopic (exact) mass is 285 g/mol. The fourth-order valence-corrected chi connectivity index (χ4v) is 2.83. The zero-order valence-corrected chi connectivity index (χ0v) is 12.1. The average Bonchev–Trinajstić information content (AvgIpc) is 2.92. The van der Waals surface area contributed by atoms with Gasteiger partial charge in [-0.1, -0.05) is 12.8 Å². The van der Waals surface area contributed by atoms with Gasteiger partial charge in [-0.15, -0.1) is 0 Å². The first-order valence-corrected chi connectivity index (χ1v) is 7.56. The van der Waals surface area contributed by atoms with Crippen LogP contribution in [0.2, 0.25) is 0 Å². The molecule has 0 bridgehead atoms. The summed E-state index contributed by atoms with van der Waals surface area (Å²) in [7, 11) is 0. The highest BCUT2D eigenvalue weighted by molar-refractivity contribution is 7.80. The summed E-state index contributed by atoms with van der Waals surface area (Å²) in [5.41, 5.74) is 0. The van der Waals surface area contributed by atoms with Crippen LogP contribution in [0.15, 0.2) is 0 Å². The first-order valence-electron chi connectivity index (χ1n) is 7.15. The van der Waals surface area contributed by atoms with Crippen molar-refractivity contribution in [3.63, 3.8) is 0 Å². The summed E-state index contributed by atoms with van der Waals surface area (Å²) < 4.78 is 5.23. The van der Waals surface area contributed by atoms with Crippen LogP contribution in [-0.2, 0) is 9.53 Å². The molecule has 1 saturated heterocycles. The minimum absolute atomic E-state index is 0.180. The molecule has 0 spiro atoms. The average molecular weight is 285 g/mol. The van der Waals surface area contributed by atoms with Gasteiger partial charge in [0.25, 0.3) is 0 Å². The minimum atomic E-state index is 0.180. The zero-order chi connectivity index (χ0) is 13.5. The first kappa shape index (κ1) is 14.5. The van der Waals surface area contributed by atoms with Gasteiger partial charge in [0.2, 0.25) is 5.91 Å². The SMILES string of the molecule is O=C(CCNC(=S)NC1CCCC1)N1CCOCC1. The maximum Gasteiger partial charge on any atom is 0.224 e. The zero-order valence-electron chi connectivity index (χ0n) is 11.3. The molecule has 2 aliphatic rings. The second-order valence-corrected chi connectivity index (χ2v) is 5.53. The van der Waals surface area contributed by atoms with Crippen LogP contribution in [0.25, 0.3) is 0 Å². The topological polar surface area (TPSA) is 53.6 Å². The van der Waals surface area contributed by atoms with Gasteiger partial charge in [-0.3, -0.25) is 4.79 Å². The van der Waals surface area contributed by atoms with Crippen molar-refractivity contribution >= 4 is 23.2 Å². The summed E-state index contributed by atoms with van der Waals surface area (Å²) >= 11 is 5.23. The predicted molar refractivity (Wildman–Crippen MR) is 78.0 cm³/mol. The second-order valence-electron chi connectivity index (χ2n) is 5.12. The van der Waals surface area contributed by atoms with Gasteiger partial charge in [-0.25, -0.2) is 0 Å². The van der Waals surface area contributed by atoms with Crippen LogP contribution in [0.1, 0.15) is 32.1 Å². The van der Waals surface area contributed by atoms with Gasteiger partial charge in [-0.05, 0) is 25.1 Å². The quantitative estimate of drug-likeness (QED) is 0.743. The lowest BCUT2D eigenvalue weighted by atomic mass is 10.2. The number of rotatable bonds is 4. The molecule has 2 N–H and O–H groups in total. The van der Waals surface area contributed by atoms with Crippen molar-refractivity contribution in [2.45, 2.75) is 38.1 Å². The molecule has 108 valence electrons. The Morgan fingerprint density at radius 1 is 1.26 bits per heavy atom. The normalized spacial score (nSPS) is 20.3. The molecule has 1 aliphatic carbocycles. The molecule has 2 fully saturated rings. The van der Waals surface area contributed by atoms with Crippen LogP contribution in [0.4, 0.5) is 0 Å². The summed E-state index contributed by atoms with van der Waals surface area (Å²) in [5.74, 6) is 0.180. The molecule has 2 rings (SSSR count). The predicted octanol–water partition coefficient (Wildman–Crippen LogP) is 0.642. The Morgan fingerprint density at radius 2 is 1.95 bits per heavy atom. The van der Waals surface area contributed by atoms with Gasteiger partial charge in [-0.2, -0.15) is 0 Å². The Kier molecular flexibility index (Phi) is 5.85. The van der Waals surface area contributed by atoms with Crippen molar-refractivity contribution in [2.24, 2.45) is 0 Å². The van der Waals surface area contributed by atoms with E-state index in [9.17, 15) is 4.79 Å². The van der Waals surface area contributed by atoms with E-state index in [1.165, 1.54) is 25.7 Å². The van der Waals surface area contributed by atoms with Gasteiger partial charge < -0.3 is 20.3 Å². The molecular formula is C13H23N3O2S. The number of amides is 1. The Morgan fingerprint density at radius 3 is 2.63 bits per heavy atom. The second kappa shape index (κ2) is 7.65. The number of nitrogens with one attached hydrogen (secondary N) is 2. The van der Waals surface area contributed by atoms with Crippen LogP contribution in [-0.4, -0.2) is 54.8 Å². The third-order valence-corrected chi connectivity index (χ3v) is 3.94. The smallest absolute Gasteiger partial charge is 0.224 e. The molecule has 5 nitrogen and oxygen atoms in total. The summed E-state index contributed by atoms with van der Waals surface area (Å²) in [6, 6.07) is 0.523.